The second-order valence-corrected chi connectivity index (χ2v) is 6.09. The molecule has 3 rings (SSSR count). The lowest BCUT2D eigenvalue weighted by Crippen LogP contribution is -2.32. The van der Waals surface area contributed by atoms with Crippen LogP contribution in [0.4, 0.5) is 8.78 Å². The Morgan fingerprint density at radius 3 is 2.72 bits per heavy atom. The lowest BCUT2D eigenvalue weighted by atomic mass is 10.2. The molecule has 1 aromatic carbocycles. The number of benzene rings is 1. The molecular weight excluding hydrogens is 348 g/mol. The van der Waals surface area contributed by atoms with E-state index in [0.29, 0.717) is 5.69 Å². The molecule has 3 aromatic rings. The Kier molecular flexibility index (Phi) is 4.99. The number of thiophene rings is 1. The minimum absolute atomic E-state index is 0.00606. The Hall–Kier alpha value is -2.87. The lowest BCUT2D eigenvalue weighted by molar-refractivity contribution is 0.0951. The van der Waals surface area contributed by atoms with E-state index < -0.39 is 17.5 Å². The summed E-state index contributed by atoms with van der Waals surface area (Å²) in [7, 11) is 0. The van der Waals surface area contributed by atoms with E-state index in [-0.39, 0.29) is 24.2 Å². The van der Waals surface area contributed by atoms with Crippen molar-refractivity contribution in [2.75, 3.05) is 6.54 Å². The van der Waals surface area contributed by atoms with Gasteiger partial charge in [0.15, 0.2) is 11.6 Å². The molecule has 0 aliphatic heterocycles. The third-order valence-corrected chi connectivity index (χ3v) is 4.32. The lowest BCUT2D eigenvalue weighted by Gasteiger charge is -2.08. The molecule has 0 bridgehead atoms. The average Bonchev–Trinajstić information content (AvgIpc) is 3.13. The molecule has 2 heterocycles. The van der Waals surface area contributed by atoms with Crippen LogP contribution in [0, 0.1) is 11.6 Å². The van der Waals surface area contributed by atoms with Crippen LogP contribution in [0.1, 0.15) is 10.4 Å². The van der Waals surface area contributed by atoms with Crippen molar-refractivity contribution in [3.8, 4) is 10.6 Å². The Morgan fingerprint density at radius 2 is 2.00 bits per heavy atom. The van der Waals surface area contributed by atoms with Crippen molar-refractivity contribution >= 4 is 17.2 Å². The number of aromatic nitrogens is 2. The second-order valence-electron chi connectivity index (χ2n) is 5.14. The van der Waals surface area contributed by atoms with Crippen LogP contribution in [0.3, 0.4) is 0 Å². The fourth-order valence-corrected chi connectivity index (χ4v) is 2.87. The van der Waals surface area contributed by atoms with Gasteiger partial charge >= 0.3 is 0 Å². The highest BCUT2D eigenvalue weighted by Gasteiger charge is 2.10. The maximum atomic E-state index is 13.1. The standard InChI is InChI=1S/C17H13F2N3O2S/c18-12-4-3-11(10-13(12)19)17(24)20-7-8-22-16(23)6-5-14(21-22)15-2-1-9-25-15/h1-6,9-10H,7-8H2,(H,20,24). The van der Waals surface area contributed by atoms with Crippen molar-refractivity contribution in [3.05, 3.63) is 75.4 Å². The van der Waals surface area contributed by atoms with Crippen molar-refractivity contribution in [2.24, 2.45) is 0 Å². The van der Waals surface area contributed by atoms with Crippen LogP contribution < -0.4 is 10.9 Å². The van der Waals surface area contributed by atoms with Crippen molar-refractivity contribution in [3.63, 3.8) is 0 Å². The number of carbonyl (C=O) groups excluding carboxylic acids is 1. The summed E-state index contributed by atoms with van der Waals surface area (Å²) in [5, 5.41) is 8.73. The Bertz CT molecular complexity index is 955. The molecule has 5 nitrogen and oxygen atoms in total. The second kappa shape index (κ2) is 7.35. The summed E-state index contributed by atoms with van der Waals surface area (Å²) < 4.78 is 27.3. The third-order valence-electron chi connectivity index (χ3n) is 3.43. The first-order valence-electron chi connectivity index (χ1n) is 7.40. The van der Waals surface area contributed by atoms with Gasteiger partial charge in [0.1, 0.15) is 5.69 Å². The predicted molar refractivity (Wildman–Crippen MR) is 90.5 cm³/mol. The van der Waals surface area contributed by atoms with E-state index in [1.807, 2.05) is 17.5 Å². The Morgan fingerprint density at radius 1 is 1.16 bits per heavy atom. The molecule has 0 saturated carbocycles. The van der Waals surface area contributed by atoms with Crippen LogP contribution in [0.25, 0.3) is 10.6 Å². The molecule has 0 atom stereocenters. The van der Waals surface area contributed by atoms with Gasteiger partial charge in [0.25, 0.3) is 11.5 Å². The monoisotopic (exact) mass is 361 g/mol. The molecule has 0 radical (unpaired) electrons. The summed E-state index contributed by atoms with van der Waals surface area (Å²) in [4.78, 5) is 24.7. The van der Waals surface area contributed by atoms with Crippen molar-refractivity contribution in [1.82, 2.24) is 15.1 Å². The number of rotatable bonds is 5. The first-order chi connectivity index (χ1) is 12.0. The highest BCUT2D eigenvalue weighted by molar-refractivity contribution is 7.13. The molecule has 1 amide bonds. The van der Waals surface area contributed by atoms with Crippen molar-refractivity contribution in [2.45, 2.75) is 6.54 Å². The van der Waals surface area contributed by atoms with E-state index in [0.717, 1.165) is 17.0 Å². The third kappa shape index (κ3) is 3.97. The van der Waals surface area contributed by atoms with Gasteiger partial charge in [-0.25, -0.2) is 13.5 Å². The topological polar surface area (TPSA) is 64.0 Å². The quantitative estimate of drug-likeness (QED) is 0.760. The number of carbonyl (C=O) groups is 1. The highest BCUT2D eigenvalue weighted by Crippen LogP contribution is 2.20. The minimum atomic E-state index is -1.09. The minimum Gasteiger partial charge on any atom is -0.350 e. The molecule has 2 aromatic heterocycles. The number of hydrogen-bond donors (Lipinski definition) is 1. The summed E-state index contributed by atoms with van der Waals surface area (Å²) in [6.45, 7) is 0.284. The zero-order chi connectivity index (χ0) is 17.8. The molecule has 1 N–H and O–H groups in total. The van der Waals surface area contributed by atoms with Gasteiger partial charge in [0, 0.05) is 18.2 Å². The molecule has 128 valence electrons. The fraction of sp³-hybridized carbons (Fsp3) is 0.118. The zero-order valence-electron chi connectivity index (χ0n) is 12.9. The van der Waals surface area contributed by atoms with Gasteiger partial charge in [0.05, 0.1) is 11.4 Å². The van der Waals surface area contributed by atoms with E-state index in [9.17, 15) is 18.4 Å². The largest absolute Gasteiger partial charge is 0.350 e. The molecule has 0 unspecified atom stereocenters. The van der Waals surface area contributed by atoms with Gasteiger partial charge < -0.3 is 5.32 Å². The smallest absolute Gasteiger partial charge is 0.266 e. The van der Waals surface area contributed by atoms with Crippen LogP contribution in [0.5, 0.6) is 0 Å². The highest BCUT2D eigenvalue weighted by atomic mass is 32.1. The molecule has 0 aliphatic carbocycles. The van der Waals surface area contributed by atoms with Gasteiger partial charge in [-0.15, -0.1) is 11.3 Å². The van der Waals surface area contributed by atoms with Crippen LogP contribution in [-0.4, -0.2) is 22.2 Å². The number of nitrogens with zero attached hydrogens (tertiary/aromatic N) is 2. The number of hydrogen-bond acceptors (Lipinski definition) is 4. The Labute approximate surface area is 145 Å². The summed E-state index contributed by atoms with van der Waals surface area (Å²) >= 11 is 1.51. The van der Waals surface area contributed by atoms with Gasteiger partial charge in [-0.1, -0.05) is 6.07 Å². The normalized spacial score (nSPS) is 10.6. The summed E-state index contributed by atoms with van der Waals surface area (Å²) in [6, 6.07) is 9.75. The average molecular weight is 361 g/mol. The molecule has 0 saturated heterocycles. The summed E-state index contributed by atoms with van der Waals surface area (Å²) in [5.41, 5.74) is 0.385. The predicted octanol–water partition coefficient (Wildman–Crippen LogP) is 2.68. The van der Waals surface area contributed by atoms with E-state index in [2.05, 4.69) is 10.4 Å². The fourth-order valence-electron chi connectivity index (χ4n) is 2.18. The molecule has 0 aliphatic rings. The number of nitrogens with one attached hydrogen (secondary N) is 1. The maximum Gasteiger partial charge on any atom is 0.266 e. The van der Waals surface area contributed by atoms with Gasteiger partial charge in [0.2, 0.25) is 0 Å². The van der Waals surface area contributed by atoms with Crippen LogP contribution >= 0.6 is 11.3 Å². The summed E-state index contributed by atoms with van der Waals surface area (Å²) in [6.07, 6.45) is 0. The van der Waals surface area contributed by atoms with Crippen molar-refractivity contribution < 1.29 is 13.6 Å². The number of amides is 1. The zero-order valence-corrected chi connectivity index (χ0v) is 13.7. The van der Waals surface area contributed by atoms with E-state index >= 15 is 0 Å². The van der Waals surface area contributed by atoms with Gasteiger partial charge in [-0.3, -0.25) is 9.59 Å². The molecule has 8 heteroatoms. The van der Waals surface area contributed by atoms with E-state index in [1.54, 1.807) is 6.07 Å². The van der Waals surface area contributed by atoms with Crippen LogP contribution in [0.15, 0.2) is 52.6 Å². The molecule has 25 heavy (non-hydrogen) atoms. The first kappa shape index (κ1) is 17.0. The molecule has 0 fully saturated rings. The maximum absolute atomic E-state index is 13.1. The van der Waals surface area contributed by atoms with Gasteiger partial charge in [-0.2, -0.15) is 5.10 Å². The van der Waals surface area contributed by atoms with E-state index in [4.69, 9.17) is 0 Å². The first-order valence-corrected chi connectivity index (χ1v) is 8.28. The van der Waals surface area contributed by atoms with E-state index in [1.165, 1.54) is 28.2 Å². The van der Waals surface area contributed by atoms with Crippen LogP contribution in [0.2, 0.25) is 0 Å². The summed E-state index contributed by atoms with van der Waals surface area (Å²) in [5.74, 6) is -2.66. The Balaban J connectivity index is 1.65. The SMILES string of the molecule is O=C(NCCn1nc(-c2cccs2)ccc1=O)c1ccc(F)c(F)c1. The van der Waals surface area contributed by atoms with Crippen molar-refractivity contribution in [1.29, 1.82) is 0 Å². The number of halogens is 2. The van der Waals surface area contributed by atoms with Gasteiger partial charge in [-0.05, 0) is 35.7 Å². The molecule has 0 spiro atoms. The van der Waals surface area contributed by atoms with Crippen LogP contribution in [-0.2, 0) is 6.54 Å². The molecular formula is C17H13F2N3O2S.